The molecule has 1 amide bonds. The van der Waals surface area contributed by atoms with E-state index < -0.39 is 6.10 Å². The van der Waals surface area contributed by atoms with E-state index in [0.29, 0.717) is 13.0 Å². The van der Waals surface area contributed by atoms with Gasteiger partial charge in [-0.15, -0.1) is 0 Å². The summed E-state index contributed by atoms with van der Waals surface area (Å²) in [6, 6.07) is 9.73. The Labute approximate surface area is 148 Å². The quantitative estimate of drug-likeness (QED) is 0.858. The van der Waals surface area contributed by atoms with E-state index in [9.17, 15) is 9.90 Å². The van der Waals surface area contributed by atoms with Crippen LogP contribution in [0.5, 0.6) is 0 Å². The van der Waals surface area contributed by atoms with Gasteiger partial charge in [-0.1, -0.05) is 30.3 Å². The average molecular weight is 342 g/mol. The summed E-state index contributed by atoms with van der Waals surface area (Å²) in [6.07, 6.45) is 4.55. The van der Waals surface area contributed by atoms with E-state index in [2.05, 4.69) is 10.00 Å². The molecule has 6 nitrogen and oxygen atoms in total. The number of carbonyl (C=O) groups is 1. The molecule has 1 aliphatic heterocycles. The Morgan fingerprint density at radius 3 is 2.56 bits per heavy atom. The largest absolute Gasteiger partial charge is 0.387 e. The molecule has 0 saturated carbocycles. The number of piperazine rings is 1. The molecule has 6 heteroatoms. The second-order valence-electron chi connectivity index (χ2n) is 6.63. The molecule has 2 heterocycles. The summed E-state index contributed by atoms with van der Waals surface area (Å²) in [6.45, 7) is 3.69. The van der Waals surface area contributed by atoms with Gasteiger partial charge in [-0.25, -0.2) is 0 Å². The van der Waals surface area contributed by atoms with Crippen LogP contribution in [0.3, 0.4) is 0 Å². The van der Waals surface area contributed by atoms with Crippen molar-refractivity contribution in [2.24, 2.45) is 7.05 Å². The number of aryl methyl sites for hydroxylation is 2. The molecule has 0 bridgehead atoms. The number of carbonyl (C=O) groups excluding carboxylic acids is 1. The van der Waals surface area contributed by atoms with Gasteiger partial charge in [0.1, 0.15) is 0 Å². The van der Waals surface area contributed by atoms with Crippen LogP contribution in [-0.2, 0) is 18.3 Å². The van der Waals surface area contributed by atoms with Gasteiger partial charge in [0.15, 0.2) is 0 Å². The van der Waals surface area contributed by atoms with Crippen molar-refractivity contribution in [3.05, 3.63) is 53.9 Å². The number of hydrogen-bond acceptors (Lipinski definition) is 4. The Hall–Kier alpha value is -2.18. The third kappa shape index (κ3) is 4.90. The number of hydrogen-bond donors (Lipinski definition) is 1. The van der Waals surface area contributed by atoms with Crippen LogP contribution >= 0.6 is 0 Å². The third-order valence-corrected chi connectivity index (χ3v) is 4.73. The lowest BCUT2D eigenvalue weighted by molar-refractivity contribution is -0.133. The van der Waals surface area contributed by atoms with Crippen molar-refractivity contribution < 1.29 is 9.90 Å². The Morgan fingerprint density at radius 2 is 1.92 bits per heavy atom. The topological polar surface area (TPSA) is 61.6 Å². The summed E-state index contributed by atoms with van der Waals surface area (Å²) in [5.41, 5.74) is 2.04. The predicted molar refractivity (Wildman–Crippen MR) is 96.0 cm³/mol. The van der Waals surface area contributed by atoms with Crippen molar-refractivity contribution in [1.82, 2.24) is 19.6 Å². The number of rotatable bonds is 6. The summed E-state index contributed by atoms with van der Waals surface area (Å²) in [4.78, 5) is 16.5. The highest BCUT2D eigenvalue weighted by Gasteiger charge is 2.22. The fourth-order valence-electron chi connectivity index (χ4n) is 3.22. The van der Waals surface area contributed by atoms with Crippen molar-refractivity contribution in [3.8, 4) is 0 Å². The number of benzene rings is 1. The molecular weight excluding hydrogens is 316 g/mol. The van der Waals surface area contributed by atoms with Gasteiger partial charge in [-0.3, -0.25) is 14.4 Å². The number of aliphatic hydroxyl groups is 1. The second-order valence-corrected chi connectivity index (χ2v) is 6.63. The van der Waals surface area contributed by atoms with Gasteiger partial charge in [0.25, 0.3) is 0 Å². The summed E-state index contributed by atoms with van der Waals surface area (Å²) in [7, 11) is 1.88. The van der Waals surface area contributed by atoms with Crippen molar-refractivity contribution in [2.75, 3.05) is 32.7 Å². The molecule has 0 spiro atoms. The van der Waals surface area contributed by atoms with Gasteiger partial charge >= 0.3 is 0 Å². The van der Waals surface area contributed by atoms with E-state index in [1.165, 1.54) is 0 Å². The summed E-state index contributed by atoms with van der Waals surface area (Å²) >= 11 is 0. The molecule has 1 saturated heterocycles. The van der Waals surface area contributed by atoms with Crippen LogP contribution in [0.1, 0.15) is 23.7 Å². The van der Waals surface area contributed by atoms with E-state index in [0.717, 1.165) is 43.7 Å². The molecule has 3 rings (SSSR count). The van der Waals surface area contributed by atoms with E-state index >= 15 is 0 Å². The zero-order valence-electron chi connectivity index (χ0n) is 14.7. The molecule has 1 aromatic carbocycles. The molecule has 2 aromatic rings. The Balaban J connectivity index is 1.41. The fourth-order valence-corrected chi connectivity index (χ4v) is 3.22. The molecule has 1 aromatic heterocycles. The summed E-state index contributed by atoms with van der Waals surface area (Å²) in [5.74, 6) is 0.201. The maximum absolute atomic E-state index is 12.4. The number of amides is 1. The third-order valence-electron chi connectivity index (χ3n) is 4.73. The zero-order valence-corrected chi connectivity index (χ0v) is 14.7. The molecule has 25 heavy (non-hydrogen) atoms. The van der Waals surface area contributed by atoms with Crippen LogP contribution in [0, 0.1) is 0 Å². The maximum Gasteiger partial charge on any atom is 0.222 e. The van der Waals surface area contributed by atoms with Crippen LogP contribution in [0.2, 0.25) is 0 Å². The average Bonchev–Trinajstić information content (AvgIpc) is 3.06. The first-order chi connectivity index (χ1) is 12.1. The van der Waals surface area contributed by atoms with E-state index in [1.54, 1.807) is 4.68 Å². The lowest BCUT2D eigenvalue weighted by Gasteiger charge is -2.35. The lowest BCUT2D eigenvalue weighted by atomic mass is 10.1. The van der Waals surface area contributed by atoms with Gasteiger partial charge in [0, 0.05) is 52.4 Å². The minimum atomic E-state index is -0.478. The summed E-state index contributed by atoms with van der Waals surface area (Å²) in [5, 5.41) is 14.5. The van der Waals surface area contributed by atoms with Gasteiger partial charge in [0.05, 0.1) is 12.3 Å². The molecule has 1 unspecified atom stereocenters. The van der Waals surface area contributed by atoms with E-state index in [1.807, 2.05) is 54.7 Å². The second kappa shape index (κ2) is 8.27. The predicted octanol–water partition coefficient (Wildman–Crippen LogP) is 1.23. The smallest absolute Gasteiger partial charge is 0.222 e. The molecule has 1 N–H and O–H groups in total. The molecular formula is C19H26N4O2. The Kier molecular flexibility index (Phi) is 5.83. The number of β-amino-alcohol motifs (C(OH)–C–C–N with tert-alkyl or cyclic N) is 1. The molecule has 134 valence electrons. The SMILES string of the molecule is Cn1cc(CCC(=O)N2CCN(CC(O)c3ccccc3)CC2)cn1. The monoisotopic (exact) mass is 342 g/mol. The molecule has 1 aliphatic rings. The standard InChI is InChI=1S/C19H26N4O2/c1-21-14-16(13-20-21)7-8-19(25)23-11-9-22(10-12-23)15-18(24)17-5-3-2-4-6-17/h2-6,13-14,18,24H,7-12,15H2,1H3. The van der Waals surface area contributed by atoms with Crippen molar-refractivity contribution >= 4 is 5.91 Å². The molecule has 0 radical (unpaired) electrons. The van der Waals surface area contributed by atoms with Crippen LogP contribution in [0.25, 0.3) is 0 Å². The number of aliphatic hydroxyl groups excluding tert-OH is 1. The zero-order chi connectivity index (χ0) is 17.6. The first-order valence-corrected chi connectivity index (χ1v) is 8.82. The maximum atomic E-state index is 12.4. The van der Waals surface area contributed by atoms with Crippen LogP contribution in [0.4, 0.5) is 0 Å². The highest BCUT2D eigenvalue weighted by Crippen LogP contribution is 2.15. The molecule has 1 fully saturated rings. The van der Waals surface area contributed by atoms with Crippen molar-refractivity contribution in [1.29, 1.82) is 0 Å². The minimum absolute atomic E-state index is 0.201. The highest BCUT2D eigenvalue weighted by atomic mass is 16.3. The van der Waals surface area contributed by atoms with E-state index in [4.69, 9.17) is 0 Å². The Morgan fingerprint density at radius 1 is 1.20 bits per heavy atom. The normalized spacial score (nSPS) is 16.8. The van der Waals surface area contributed by atoms with Gasteiger partial charge < -0.3 is 10.0 Å². The first-order valence-electron chi connectivity index (χ1n) is 8.82. The van der Waals surface area contributed by atoms with Crippen molar-refractivity contribution in [2.45, 2.75) is 18.9 Å². The van der Waals surface area contributed by atoms with E-state index in [-0.39, 0.29) is 5.91 Å². The van der Waals surface area contributed by atoms with Gasteiger partial charge in [-0.05, 0) is 17.5 Å². The minimum Gasteiger partial charge on any atom is -0.387 e. The van der Waals surface area contributed by atoms with Crippen LogP contribution in [-0.4, -0.2) is 63.3 Å². The number of aromatic nitrogens is 2. The lowest BCUT2D eigenvalue weighted by Crippen LogP contribution is -2.49. The molecule has 1 atom stereocenters. The first kappa shape index (κ1) is 17.6. The van der Waals surface area contributed by atoms with Gasteiger partial charge in [0.2, 0.25) is 5.91 Å². The van der Waals surface area contributed by atoms with Crippen LogP contribution in [0.15, 0.2) is 42.7 Å². The Bertz CT molecular complexity index is 678. The number of nitrogens with zero attached hydrogens (tertiary/aromatic N) is 4. The van der Waals surface area contributed by atoms with Crippen LogP contribution < -0.4 is 0 Å². The summed E-state index contributed by atoms with van der Waals surface area (Å²) < 4.78 is 1.76. The van der Waals surface area contributed by atoms with Crippen molar-refractivity contribution in [3.63, 3.8) is 0 Å². The van der Waals surface area contributed by atoms with Gasteiger partial charge in [-0.2, -0.15) is 5.10 Å². The molecule has 0 aliphatic carbocycles. The highest BCUT2D eigenvalue weighted by molar-refractivity contribution is 5.76. The fraction of sp³-hybridized carbons (Fsp3) is 0.474.